The van der Waals surface area contributed by atoms with Crippen LogP contribution < -0.4 is 0 Å². The van der Waals surface area contributed by atoms with Crippen LogP contribution in [0.2, 0.25) is 0 Å². The number of para-hydroxylation sites is 2. The van der Waals surface area contributed by atoms with E-state index in [1.807, 2.05) is 0 Å². The number of fused-ring (bicyclic) bond motifs is 6. The van der Waals surface area contributed by atoms with Crippen molar-refractivity contribution in [3.8, 4) is 0 Å². The highest BCUT2D eigenvalue weighted by Gasteiger charge is 2.23. The van der Waals surface area contributed by atoms with Gasteiger partial charge in [0.2, 0.25) is 0 Å². The van der Waals surface area contributed by atoms with Crippen molar-refractivity contribution in [2.75, 3.05) is 39.3 Å². The van der Waals surface area contributed by atoms with Gasteiger partial charge in [-0.25, -0.2) is 0 Å². The SMILES string of the molecule is O[C@H](CN1CCN(C[C@H](O)Cn2c3ccc(Br)cc3c3cc(Br)cc(Br)c32)CC1)Cn1c2ccccc2c2ccccc21. The molecule has 0 bridgehead atoms. The molecule has 7 rings (SSSR count). The first-order valence-electron chi connectivity index (χ1n) is 14.7. The van der Waals surface area contributed by atoms with Gasteiger partial charge in [-0.3, -0.25) is 9.80 Å². The lowest BCUT2D eigenvalue weighted by molar-refractivity contribution is 0.0415. The molecule has 1 fully saturated rings. The number of nitrogens with zero attached hydrogens (tertiary/aromatic N) is 4. The second-order valence-electron chi connectivity index (χ2n) is 11.6. The maximum absolute atomic E-state index is 11.3. The first-order valence-corrected chi connectivity index (χ1v) is 17.1. The monoisotopic (exact) mass is 766 g/mol. The van der Waals surface area contributed by atoms with Gasteiger partial charge in [0.1, 0.15) is 0 Å². The Morgan fingerprint density at radius 1 is 0.535 bits per heavy atom. The lowest BCUT2D eigenvalue weighted by Gasteiger charge is -2.36. The third kappa shape index (κ3) is 5.81. The van der Waals surface area contributed by atoms with E-state index in [2.05, 4.69) is 146 Å². The predicted octanol–water partition coefficient (Wildman–Crippen LogP) is 7.23. The second kappa shape index (κ2) is 12.3. The van der Waals surface area contributed by atoms with Crippen molar-refractivity contribution in [3.05, 3.63) is 92.3 Å². The smallest absolute Gasteiger partial charge is 0.0845 e. The van der Waals surface area contributed by atoms with Crippen molar-refractivity contribution >= 4 is 91.4 Å². The van der Waals surface area contributed by atoms with Crippen LogP contribution in [0, 0.1) is 0 Å². The fourth-order valence-corrected chi connectivity index (χ4v) is 8.60. The molecule has 2 N–H and O–H groups in total. The quantitative estimate of drug-likeness (QED) is 0.172. The van der Waals surface area contributed by atoms with Gasteiger partial charge in [-0.2, -0.15) is 0 Å². The number of aliphatic hydroxyl groups is 2. The summed E-state index contributed by atoms with van der Waals surface area (Å²) in [5.41, 5.74) is 4.53. The zero-order valence-electron chi connectivity index (χ0n) is 23.6. The van der Waals surface area contributed by atoms with Crippen molar-refractivity contribution in [3.63, 3.8) is 0 Å². The fourth-order valence-electron chi connectivity index (χ4n) is 6.80. The Morgan fingerprint density at radius 2 is 1.05 bits per heavy atom. The highest BCUT2D eigenvalue weighted by atomic mass is 79.9. The number of rotatable bonds is 8. The van der Waals surface area contributed by atoms with Crippen LogP contribution in [0.15, 0.2) is 92.3 Å². The Bertz CT molecular complexity index is 1890. The minimum absolute atomic E-state index is 0.467. The highest BCUT2D eigenvalue weighted by molar-refractivity contribution is 9.11. The van der Waals surface area contributed by atoms with Crippen LogP contribution in [0.5, 0.6) is 0 Å². The summed E-state index contributed by atoms with van der Waals surface area (Å²) in [4.78, 5) is 4.69. The van der Waals surface area contributed by atoms with Gasteiger partial charge in [-0.05, 0) is 58.4 Å². The number of benzene rings is 4. The molecule has 6 aromatic rings. The lowest BCUT2D eigenvalue weighted by atomic mass is 10.2. The van der Waals surface area contributed by atoms with Crippen LogP contribution in [0.4, 0.5) is 0 Å². The molecule has 0 unspecified atom stereocenters. The normalized spacial score (nSPS) is 16.6. The first kappa shape index (κ1) is 29.5. The van der Waals surface area contributed by atoms with E-state index in [1.54, 1.807) is 0 Å². The van der Waals surface area contributed by atoms with Crippen LogP contribution in [0.1, 0.15) is 0 Å². The summed E-state index contributed by atoms with van der Waals surface area (Å²) in [5, 5.41) is 27.2. The van der Waals surface area contributed by atoms with Crippen LogP contribution in [-0.2, 0) is 13.1 Å². The number of β-amino-alcohol motifs (C(OH)–C–C–N with tert-alkyl or cyclic N) is 2. The molecule has 0 saturated carbocycles. The summed E-state index contributed by atoms with van der Waals surface area (Å²) < 4.78 is 7.55. The Labute approximate surface area is 275 Å². The minimum atomic E-state index is -0.509. The molecule has 0 amide bonds. The molecule has 3 heterocycles. The van der Waals surface area contributed by atoms with E-state index in [0.29, 0.717) is 26.2 Å². The van der Waals surface area contributed by atoms with Crippen molar-refractivity contribution in [1.82, 2.24) is 18.9 Å². The van der Waals surface area contributed by atoms with E-state index in [-0.39, 0.29) is 0 Å². The van der Waals surface area contributed by atoms with Crippen molar-refractivity contribution in [2.24, 2.45) is 0 Å². The zero-order chi connectivity index (χ0) is 29.7. The molecule has 1 aliphatic rings. The Morgan fingerprint density at radius 3 is 1.65 bits per heavy atom. The molecule has 1 saturated heterocycles. The molecule has 6 nitrogen and oxygen atoms in total. The average Bonchev–Trinajstić information content (AvgIpc) is 3.46. The summed E-state index contributed by atoms with van der Waals surface area (Å²) in [5.74, 6) is 0. The standard InChI is InChI=1S/C34H33Br3N4O2/c35-22-9-10-33-28(15-22)29-16-23(36)17-30(37)34(29)41(33)21-25(43)19-39-13-11-38(12-14-39)18-24(42)20-40-31-7-3-1-5-26(31)27-6-2-4-8-32(27)40/h1-10,15-17,24-25,42-43H,11-14,18-21H2/t24-,25+/m1/s1. The van der Waals surface area contributed by atoms with Gasteiger partial charge >= 0.3 is 0 Å². The van der Waals surface area contributed by atoms with E-state index in [4.69, 9.17) is 0 Å². The number of piperazine rings is 1. The van der Waals surface area contributed by atoms with Crippen molar-refractivity contribution < 1.29 is 10.2 Å². The summed E-state index contributed by atoms with van der Waals surface area (Å²) in [6, 6.07) is 27.4. The molecule has 2 aromatic heterocycles. The molecule has 9 heteroatoms. The van der Waals surface area contributed by atoms with Crippen molar-refractivity contribution in [2.45, 2.75) is 25.3 Å². The Hall–Kier alpha value is -2.24. The molecule has 1 aliphatic heterocycles. The van der Waals surface area contributed by atoms with Gasteiger partial charge in [0.05, 0.1) is 30.8 Å². The topological polar surface area (TPSA) is 56.8 Å². The lowest BCUT2D eigenvalue weighted by Crippen LogP contribution is -2.50. The van der Waals surface area contributed by atoms with E-state index in [1.165, 1.54) is 10.8 Å². The third-order valence-corrected chi connectivity index (χ3v) is 10.3. The number of halogens is 3. The molecule has 0 spiro atoms. The highest BCUT2D eigenvalue weighted by Crippen LogP contribution is 2.37. The van der Waals surface area contributed by atoms with Crippen LogP contribution in [0.25, 0.3) is 43.6 Å². The molecule has 0 radical (unpaired) electrons. The number of aliphatic hydroxyl groups excluding tert-OH is 2. The molecule has 222 valence electrons. The summed E-state index contributed by atoms with van der Waals surface area (Å²) >= 11 is 11.0. The molecule has 43 heavy (non-hydrogen) atoms. The van der Waals surface area contributed by atoms with Gasteiger partial charge in [-0.1, -0.05) is 68.3 Å². The van der Waals surface area contributed by atoms with Crippen LogP contribution >= 0.6 is 47.8 Å². The van der Waals surface area contributed by atoms with Crippen molar-refractivity contribution in [1.29, 1.82) is 0 Å². The molecule has 0 aliphatic carbocycles. The average molecular weight is 769 g/mol. The van der Waals surface area contributed by atoms with E-state index in [9.17, 15) is 10.2 Å². The predicted molar refractivity (Wildman–Crippen MR) is 187 cm³/mol. The van der Waals surface area contributed by atoms with Gasteiger partial charge in [-0.15, -0.1) is 0 Å². The van der Waals surface area contributed by atoms with Gasteiger partial charge < -0.3 is 19.3 Å². The number of hydrogen-bond acceptors (Lipinski definition) is 4. The number of hydrogen-bond donors (Lipinski definition) is 2. The largest absolute Gasteiger partial charge is 0.390 e. The Balaban J connectivity index is 0.988. The maximum Gasteiger partial charge on any atom is 0.0845 e. The van der Waals surface area contributed by atoms with E-state index >= 15 is 0 Å². The first-order chi connectivity index (χ1) is 20.9. The van der Waals surface area contributed by atoms with Gasteiger partial charge in [0, 0.05) is 90.8 Å². The molecular weight excluding hydrogens is 736 g/mol. The maximum atomic E-state index is 11.3. The zero-order valence-corrected chi connectivity index (χ0v) is 28.4. The summed E-state index contributed by atoms with van der Waals surface area (Å²) in [6.45, 7) is 5.82. The fraction of sp³-hybridized carbons (Fsp3) is 0.294. The Kier molecular flexibility index (Phi) is 8.41. The third-order valence-electron chi connectivity index (χ3n) is 8.71. The minimum Gasteiger partial charge on any atom is -0.390 e. The molecule has 2 atom stereocenters. The summed E-state index contributed by atoms with van der Waals surface area (Å²) in [7, 11) is 0. The number of aromatic nitrogens is 2. The van der Waals surface area contributed by atoms with Gasteiger partial charge in [0.25, 0.3) is 0 Å². The van der Waals surface area contributed by atoms with E-state index < -0.39 is 12.2 Å². The second-order valence-corrected chi connectivity index (χ2v) is 14.3. The van der Waals surface area contributed by atoms with Crippen LogP contribution in [-0.4, -0.2) is 80.6 Å². The molecule has 4 aromatic carbocycles. The summed E-state index contributed by atoms with van der Waals surface area (Å²) in [6.07, 6.45) is -0.976. The molecular formula is C34H33Br3N4O2. The van der Waals surface area contributed by atoms with Crippen LogP contribution in [0.3, 0.4) is 0 Å². The van der Waals surface area contributed by atoms with Gasteiger partial charge in [0.15, 0.2) is 0 Å². The van der Waals surface area contributed by atoms with E-state index in [0.717, 1.165) is 72.4 Å².